The van der Waals surface area contributed by atoms with Crippen molar-refractivity contribution in [2.75, 3.05) is 18.6 Å². The maximum Gasteiger partial charge on any atom is 0.416 e. The second-order valence-electron chi connectivity index (χ2n) is 7.45. The maximum absolute atomic E-state index is 13.5. The number of nitrogens with zero attached hydrogens (tertiary/aromatic N) is 2. The van der Waals surface area contributed by atoms with E-state index in [1.165, 1.54) is 25.3 Å². The Hall–Kier alpha value is -4.58. The van der Waals surface area contributed by atoms with Crippen LogP contribution in [0.5, 0.6) is 11.5 Å². The Morgan fingerprint density at radius 3 is 2.37 bits per heavy atom. The third-order valence-electron chi connectivity index (χ3n) is 5.31. The zero-order valence-electron chi connectivity index (χ0n) is 18.3. The van der Waals surface area contributed by atoms with Crippen LogP contribution in [0.1, 0.15) is 27.0 Å². The van der Waals surface area contributed by atoms with E-state index in [0.29, 0.717) is 22.6 Å². The normalized spacial score (nSPS) is 14.5. The van der Waals surface area contributed by atoms with Crippen molar-refractivity contribution in [3.05, 3.63) is 89.0 Å². The Morgan fingerprint density at radius 2 is 1.69 bits per heavy atom. The molecule has 0 atom stereocenters. The fourth-order valence-corrected chi connectivity index (χ4v) is 3.72. The number of carbonyl (C=O) groups excluding carboxylic acids is 2. The van der Waals surface area contributed by atoms with E-state index < -0.39 is 23.6 Å². The van der Waals surface area contributed by atoms with E-state index in [2.05, 4.69) is 0 Å². The topological polar surface area (TPSA) is 79.6 Å². The van der Waals surface area contributed by atoms with Crippen LogP contribution in [-0.4, -0.2) is 25.5 Å². The van der Waals surface area contributed by atoms with E-state index in [4.69, 9.17) is 14.7 Å². The van der Waals surface area contributed by atoms with Gasteiger partial charge in [0.2, 0.25) is 0 Å². The summed E-state index contributed by atoms with van der Waals surface area (Å²) >= 11 is 0. The molecule has 6 nitrogen and oxygen atoms in total. The Kier molecular flexibility index (Phi) is 6.30. The second kappa shape index (κ2) is 9.35. The minimum Gasteiger partial charge on any atom is -0.493 e. The molecular weight excluding hydrogens is 461 g/mol. The number of rotatable bonds is 5. The number of carbonyl (C=O) groups is 2. The quantitative estimate of drug-likeness (QED) is 0.365. The first-order chi connectivity index (χ1) is 16.7. The summed E-state index contributed by atoms with van der Waals surface area (Å²) in [6.07, 6.45) is -3.12. The molecule has 0 saturated carbocycles. The first kappa shape index (κ1) is 23.6. The molecule has 9 heteroatoms. The van der Waals surface area contributed by atoms with Crippen molar-refractivity contribution < 1.29 is 32.2 Å². The molecule has 35 heavy (non-hydrogen) atoms. The zero-order valence-corrected chi connectivity index (χ0v) is 18.3. The summed E-state index contributed by atoms with van der Waals surface area (Å²) in [5.74, 6) is -0.846. The van der Waals surface area contributed by atoms with Crippen molar-refractivity contribution in [3.63, 3.8) is 0 Å². The number of methoxy groups -OCH3 is 1. The molecule has 0 aliphatic carbocycles. The molecule has 3 aromatic carbocycles. The molecule has 2 amide bonds. The molecule has 3 aromatic rings. The van der Waals surface area contributed by atoms with Crippen molar-refractivity contribution in [2.24, 2.45) is 0 Å². The highest BCUT2D eigenvalue weighted by molar-refractivity contribution is 6.43. The van der Waals surface area contributed by atoms with Gasteiger partial charge in [0, 0.05) is 11.1 Å². The highest BCUT2D eigenvalue weighted by atomic mass is 19.4. The molecule has 0 unspecified atom stereocenters. The molecule has 0 fully saturated rings. The molecule has 0 saturated heterocycles. The number of anilines is 1. The van der Waals surface area contributed by atoms with Gasteiger partial charge in [0.1, 0.15) is 6.07 Å². The smallest absolute Gasteiger partial charge is 0.416 e. The number of imide groups is 1. The van der Waals surface area contributed by atoms with Crippen molar-refractivity contribution in [1.29, 1.82) is 5.26 Å². The molecule has 4 rings (SSSR count). The Labute approximate surface area is 198 Å². The van der Waals surface area contributed by atoms with Gasteiger partial charge in [-0.2, -0.15) is 18.4 Å². The van der Waals surface area contributed by atoms with Gasteiger partial charge < -0.3 is 9.47 Å². The summed E-state index contributed by atoms with van der Waals surface area (Å²) in [5, 5.41) is 8.73. The van der Waals surface area contributed by atoms with Gasteiger partial charge in [0.15, 0.2) is 18.1 Å². The summed E-state index contributed by atoms with van der Waals surface area (Å²) in [7, 11) is 1.42. The molecule has 0 bridgehead atoms. The first-order valence-corrected chi connectivity index (χ1v) is 10.3. The van der Waals surface area contributed by atoms with E-state index in [1.54, 1.807) is 36.4 Å². The van der Waals surface area contributed by atoms with Crippen LogP contribution < -0.4 is 14.4 Å². The van der Waals surface area contributed by atoms with E-state index in [0.717, 1.165) is 23.1 Å². The van der Waals surface area contributed by atoms with Gasteiger partial charge in [-0.05, 0) is 53.6 Å². The van der Waals surface area contributed by atoms with Crippen molar-refractivity contribution in [2.45, 2.75) is 6.18 Å². The van der Waals surface area contributed by atoms with Crippen LogP contribution in [0.3, 0.4) is 0 Å². The van der Waals surface area contributed by atoms with Gasteiger partial charge in [-0.25, -0.2) is 4.90 Å². The third-order valence-corrected chi connectivity index (χ3v) is 5.31. The third kappa shape index (κ3) is 4.59. The molecule has 0 N–H and O–H groups in total. The van der Waals surface area contributed by atoms with Crippen LogP contribution in [0.15, 0.2) is 66.7 Å². The number of fused-ring (bicyclic) bond motifs is 1. The first-order valence-electron chi connectivity index (χ1n) is 10.3. The van der Waals surface area contributed by atoms with Crippen LogP contribution in [-0.2, 0) is 11.0 Å². The van der Waals surface area contributed by atoms with Crippen molar-refractivity contribution in [1.82, 2.24) is 0 Å². The number of ether oxygens (including phenoxy) is 2. The highest BCUT2D eigenvalue weighted by Crippen LogP contribution is 2.37. The van der Waals surface area contributed by atoms with Gasteiger partial charge in [-0.1, -0.05) is 30.3 Å². The Bertz CT molecular complexity index is 1390. The summed E-state index contributed by atoms with van der Waals surface area (Å²) in [6, 6.07) is 17.1. The van der Waals surface area contributed by atoms with E-state index >= 15 is 0 Å². The minimum atomic E-state index is -4.64. The minimum absolute atomic E-state index is 0.116. The molecular formula is C26H17F3N2O4. The lowest BCUT2D eigenvalue weighted by molar-refractivity contribution is -0.137. The molecule has 0 spiro atoms. The fraction of sp³-hybridized carbons (Fsp3) is 0.115. The number of alkyl halides is 3. The van der Waals surface area contributed by atoms with Crippen LogP contribution >= 0.6 is 0 Å². The lowest BCUT2D eigenvalue weighted by atomic mass is 9.91. The summed E-state index contributed by atoms with van der Waals surface area (Å²) < 4.78 is 50.4. The average molecular weight is 478 g/mol. The summed E-state index contributed by atoms with van der Waals surface area (Å²) in [5.41, 5.74) is 0.00459. The lowest BCUT2D eigenvalue weighted by Crippen LogP contribution is -2.41. The van der Waals surface area contributed by atoms with Crippen molar-refractivity contribution >= 4 is 29.2 Å². The summed E-state index contributed by atoms with van der Waals surface area (Å²) in [4.78, 5) is 27.4. The summed E-state index contributed by atoms with van der Waals surface area (Å²) in [6.45, 7) is -0.184. The zero-order chi connectivity index (χ0) is 25.2. The predicted octanol–water partition coefficient (Wildman–Crippen LogP) is 5.34. The van der Waals surface area contributed by atoms with Gasteiger partial charge in [-0.15, -0.1) is 0 Å². The molecule has 0 radical (unpaired) electrons. The van der Waals surface area contributed by atoms with Crippen LogP contribution in [0.4, 0.5) is 18.9 Å². The monoisotopic (exact) mass is 478 g/mol. The van der Waals surface area contributed by atoms with Gasteiger partial charge >= 0.3 is 6.18 Å². The van der Waals surface area contributed by atoms with Crippen LogP contribution in [0, 0.1) is 11.3 Å². The van der Waals surface area contributed by atoms with E-state index in [9.17, 15) is 22.8 Å². The largest absolute Gasteiger partial charge is 0.493 e. The van der Waals surface area contributed by atoms with Gasteiger partial charge in [0.05, 0.1) is 18.4 Å². The SMILES string of the molecule is COc1cc(/C=C2\C(=O)N(c3cccc(C(F)(F)F)c3)C(=O)c3ccccc32)ccc1OCC#N. The molecule has 1 heterocycles. The van der Waals surface area contributed by atoms with Crippen LogP contribution in [0.25, 0.3) is 11.6 Å². The molecule has 1 aliphatic rings. The van der Waals surface area contributed by atoms with E-state index in [1.807, 2.05) is 6.07 Å². The maximum atomic E-state index is 13.5. The molecule has 176 valence electrons. The average Bonchev–Trinajstić information content (AvgIpc) is 2.85. The molecule has 0 aromatic heterocycles. The highest BCUT2D eigenvalue weighted by Gasteiger charge is 2.37. The Morgan fingerprint density at radius 1 is 0.943 bits per heavy atom. The standard InChI is InChI=1S/C26H17F3N2O4/c1-34-23-14-16(9-10-22(23)35-12-11-30)13-21-19-7-2-3-8-20(19)24(32)31(25(21)33)18-6-4-5-17(15-18)26(27,28)29/h2-10,13-15H,12H2,1H3/b21-13-. The van der Waals surface area contributed by atoms with Gasteiger partial charge in [0.25, 0.3) is 11.8 Å². The number of amides is 2. The number of benzene rings is 3. The number of nitriles is 1. The predicted molar refractivity (Wildman–Crippen MR) is 122 cm³/mol. The fourth-order valence-electron chi connectivity index (χ4n) is 3.72. The lowest BCUT2D eigenvalue weighted by Gasteiger charge is -2.29. The number of hydrogen-bond acceptors (Lipinski definition) is 5. The second-order valence-corrected chi connectivity index (χ2v) is 7.45. The van der Waals surface area contributed by atoms with Crippen molar-refractivity contribution in [3.8, 4) is 17.6 Å². The number of hydrogen-bond donors (Lipinski definition) is 0. The Balaban J connectivity index is 1.83. The number of halogens is 3. The van der Waals surface area contributed by atoms with Crippen LogP contribution in [0.2, 0.25) is 0 Å². The van der Waals surface area contributed by atoms with E-state index in [-0.39, 0.29) is 23.4 Å². The van der Waals surface area contributed by atoms with Gasteiger partial charge in [-0.3, -0.25) is 9.59 Å². The molecule has 1 aliphatic heterocycles.